The minimum atomic E-state index is -1.07. The number of esters is 2. The third-order valence-corrected chi connectivity index (χ3v) is 8.35. The average Bonchev–Trinajstić information content (AvgIpc) is 2.77. The van der Waals surface area contributed by atoms with Gasteiger partial charge in [-0.1, -0.05) is 12.2 Å². The molecule has 0 radical (unpaired) electrons. The highest BCUT2D eigenvalue weighted by atomic mass is 79.9. The van der Waals surface area contributed by atoms with Gasteiger partial charge in [-0.05, 0) is 63.7 Å². The average molecular weight is 710 g/mol. The van der Waals surface area contributed by atoms with Crippen molar-refractivity contribution in [1.82, 2.24) is 0 Å². The second-order valence-electron chi connectivity index (χ2n) is 6.16. The normalized spacial score (nSPS) is 12.7. The van der Waals surface area contributed by atoms with Crippen LogP contribution >= 0.6 is 63.7 Å². The number of carbonyl (C=O) groups excluding carboxylic acids is 2. The summed E-state index contributed by atoms with van der Waals surface area (Å²) in [6, 6.07) is 0. The van der Waals surface area contributed by atoms with Gasteiger partial charge >= 0.3 is 11.9 Å². The van der Waals surface area contributed by atoms with Crippen LogP contribution in [0.3, 0.4) is 0 Å². The molecule has 12 heteroatoms. The second kappa shape index (κ2) is 15.3. The lowest BCUT2D eigenvalue weighted by Crippen LogP contribution is -2.26. The van der Waals surface area contributed by atoms with Gasteiger partial charge in [0.15, 0.2) is 0 Å². The van der Waals surface area contributed by atoms with E-state index in [-0.39, 0.29) is 59.7 Å². The van der Waals surface area contributed by atoms with E-state index in [1.807, 2.05) is 0 Å². The molecular formula is C20H22Br4O8. The maximum Gasteiger partial charge on any atom is 0.340 e. The fourth-order valence-electron chi connectivity index (χ4n) is 2.17. The first-order valence-electron chi connectivity index (χ1n) is 9.09. The molecule has 0 spiro atoms. The number of hydrogen-bond acceptors (Lipinski definition) is 8. The Morgan fingerprint density at radius 2 is 1.06 bits per heavy atom. The SMILES string of the molecule is C=CCOCC(O)COC(=O)c1c(Br)c(Br)c(Br)c(Br)c1C(=O)OCC(O)COCC=C. The lowest BCUT2D eigenvalue weighted by Gasteiger charge is -2.18. The van der Waals surface area contributed by atoms with Crippen molar-refractivity contribution in [2.24, 2.45) is 0 Å². The van der Waals surface area contributed by atoms with Crippen LogP contribution < -0.4 is 0 Å². The van der Waals surface area contributed by atoms with Gasteiger partial charge in [-0.3, -0.25) is 0 Å². The van der Waals surface area contributed by atoms with Gasteiger partial charge in [0.05, 0.1) is 37.6 Å². The number of carbonyl (C=O) groups is 2. The molecule has 0 aliphatic rings. The molecule has 1 aromatic rings. The lowest BCUT2D eigenvalue weighted by molar-refractivity contribution is -0.00776. The van der Waals surface area contributed by atoms with Crippen LogP contribution in [-0.2, 0) is 18.9 Å². The van der Waals surface area contributed by atoms with E-state index >= 15 is 0 Å². The highest BCUT2D eigenvalue weighted by Crippen LogP contribution is 2.42. The van der Waals surface area contributed by atoms with Gasteiger partial charge in [0.1, 0.15) is 25.4 Å². The van der Waals surface area contributed by atoms with Gasteiger partial charge in [0, 0.05) is 17.9 Å². The van der Waals surface area contributed by atoms with E-state index in [0.29, 0.717) is 8.95 Å². The van der Waals surface area contributed by atoms with Crippen LogP contribution in [0.4, 0.5) is 0 Å². The first kappa shape index (κ1) is 29.4. The van der Waals surface area contributed by atoms with E-state index in [1.165, 1.54) is 12.2 Å². The van der Waals surface area contributed by atoms with Crippen LogP contribution in [0.1, 0.15) is 20.7 Å². The first-order valence-corrected chi connectivity index (χ1v) is 12.3. The molecule has 0 amide bonds. The minimum Gasteiger partial charge on any atom is -0.459 e. The number of rotatable bonds is 14. The Kier molecular flexibility index (Phi) is 14.1. The molecule has 2 N–H and O–H groups in total. The molecule has 0 aliphatic carbocycles. The maximum atomic E-state index is 12.8. The van der Waals surface area contributed by atoms with Crippen molar-refractivity contribution in [3.63, 3.8) is 0 Å². The van der Waals surface area contributed by atoms with Gasteiger partial charge in [-0.25, -0.2) is 9.59 Å². The monoisotopic (exact) mass is 706 g/mol. The van der Waals surface area contributed by atoms with Crippen molar-refractivity contribution in [2.75, 3.05) is 39.6 Å². The second-order valence-corrected chi connectivity index (χ2v) is 9.33. The Morgan fingerprint density at radius 1 is 0.719 bits per heavy atom. The van der Waals surface area contributed by atoms with Crippen LogP contribution in [-0.4, -0.2) is 74.0 Å². The molecule has 0 saturated heterocycles. The molecule has 32 heavy (non-hydrogen) atoms. The summed E-state index contributed by atoms with van der Waals surface area (Å²) in [5, 5.41) is 19.8. The van der Waals surface area contributed by atoms with Crippen LogP contribution in [0.5, 0.6) is 0 Å². The largest absolute Gasteiger partial charge is 0.459 e. The van der Waals surface area contributed by atoms with Crippen molar-refractivity contribution in [3.8, 4) is 0 Å². The Morgan fingerprint density at radius 3 is 1.38 bits per heavy atom. The first-order chi connectivity index (χ1) is 15.1. The number of aliphatic hydroxyl groups excluding tert-OH is 2. The fraction of sp³-hybridized carbons (Fsp3) is 0.400. The standard InChI is InChI=1S/C20H22Br4O8/c1-3-5-29-7-11(25)9-31-19(27)13-14(16(22)18(24)17(23)15(13)21)20(28)32-10-12(26)8-30-6-4-2/h3-4,11-12,25-26H,1-2,5-10H2. The van der Waals surface area contributed by atoms with Crippen molar-refractivity contribution in [3.05, 3.63) is 54.3 Å². The van der Waals surface area contributed by atoms with E-state index in [9.17, 15) is 19.8 Å². The number of halogens is 4. The molecule has 0 fully saturated rings. The summed E-state index contributed by atoms with van der Waals surface area (Å²) in [7, 11) is 0. The molecule has 8 nitrogen and oxygen atoms in total. The van der Waals surface area contributed by atoms with Gasteiger partial charge in [-0.15, -0.1) is 13.2 Å². The molecule has 178 valence electrons. The van der Waals surface area contributed by atoms with Gasteiger partial charge in [0.25, 0.3) is 0 Å². The van der Waals surface area contributed by atoms with E-state index in [1.54, 1.807) is 0 Å². The Balaban J connectivity index is 3.03. The fourth-order valence-corrected chi connectivity index (χ4v) is 4.62. The summed E-state index contributed by atoms with van der Waals surface area (Å²) in [6.07, 6.45) is 0.905. The summed E-state index contributed by atoms with van der Waals surface area (Å²) in [4.78, 5) is 25.6. The van der Waals surface area contributed by atoms with E-state index < -0.39 is 24.1 Å². The summed E-state index contributed by atoms with van der Waals surface area (Å²) in [6.45, 7) is 6.63. The lowest BCUT2D eigenvalue weighted by atomic mass is 10.1. The molecule has 0 heterocycles. The van der Waals surface area contributed by atoms with E-state index in [2.05, 4.69) is 76.9 Å². The van der Waals surface area contributed by atoms with Gasteiger partial charge < -0.3 is 29.2 Å². The number of benzene rings is 1. The van der Waals surface area contributed by atoms with Crippen molar-refractivity contribution in [1.29, 1.82) is 0 Å². The topological polar surface area (TPSA) is 112 Å². The zero-order chi connectivity index (χ0) is 24.3. The van der Waals surface area contributed by atoms with Crippen molar-refractivity contribution in [2.45, 2.75) is 12.2 Å². The molecular weight excluding hydrogens is 688 g/mol. The quantitative estimate of drug-likeness (QED) is 0.0974. The highest BCUT2D eigenvalue weighted by Gasteiger charge is 2.30. The molecule has 0 saturated carbocycles. The maximum absolute atomic E-state index is 12.8. The van der Waals surface area contributed by atoms with E-state index in [4.69, 9.17) is 18.9 Å². The van der Waals surface area contributed by atoms with Crippen molar-refractivity contribution >= 4 is 75.7 Å². The van der Waals surface area contributed by atoms with Crippen LogP contribution in [0.2, 0.25) is 0 Å². The smallest absolute Gasteiger partial charge is 0.340 e. The molecule has 1 rings (SSSR count). The summed E-state index contributed by atoms with van der Waals surface area (Å²) >= 11 is 13.2. The van der Waals surface area contributed by atoms with Gasteiger partial charge in [0.2, 0.25) is 0 Å². The zero-order valence-electron chi connectivity index (χ0n) is 16.8. The highest BCUT2D eigenvalue weighted by molar-refractivity contribution is 9.15. The molecule has 0 aromatic heterocycles. The molecule has 0 bridgehead atoms. The minimum absolute atomic E-state index is 0.0606. The molecule has 1 aromatic carbocycles. The molecule has 2 atom stereocenters. The third kappa shape index (κ3) is 8.98. The Bertz CT molecular complexity index is 764. The zero-order valence-corrected chi connectivity index (χ0v) is 23.2. The third-order valence-electron chi connectivity index (χ3n) is 3.58. The van der Waals surface area contributed by atoms with Gasteiger partial charge in [-0.2, -0.15) is 0 Å². The Hall–Kier alpha value is -0.600. The van der Waals surface area contributed by atoms with Crippen molar-refractivity contribution < 1.29 is 38.7 Å². The predicted octanol–water partition coefficient (Wildman–Crippen LogP) is 4.18. The molecule has 2 unspecified atom stereocenters. The predicted molar refractivity (Wildman–Crippen MR) is 132 cm³/mol. The Labute approximate surface area is 219 Å². The van der Waals surface area contributed by atoms with Crippen LogP contribution in [0, 0.1) is 0 Å². The number of ether oxygens (including phenoxy) is 4. The molecule has 0 aliphatic heterocycles. The van der Waals surface area contributed by atoms with E-state index in [0.717, 1.165) is 0 Å². The summed E-state index contributed by atoms with van der Waals surface area (Å²) in [5.74, 6) is -1.76. The summed E-state index contributed by atoms with van der Waals surface area (Å²) in [5.41, 5.74) is -0.262. The number of aliphatic hydroxyl groups is 2. The van der Waals surface area contributed by atoms with Crippen LogP contribution in [0.15, 0.2) is 43.2 Å². The van der Waals surface area contributed by atoms with Crippen LogP contribution in [0.25, 0.3) is 0 Å². The number of hydrogen-bond donors (Lipinski definition) is 2. The summed E-state index contributed by atoms with van der Waals surface area (Å²) < 4.78 is 21.9.